The molecule has 90 valence electrons. The van der Waals surface area contributed by atoms with E-state index in [0.29, 0.717) is 13.2 Å². The van der Waals surface area contributed by atoms with Crippen molar-refractivity contribution in [2.24, 2.45) is 0 Å². The van der Waals surface area contributed by atoms with E-state index >= 15 is 0 Å². The molecule has 0 radical (unpaired) electrons. The Morgan fingerprint density at radius 1 is 1.35 bits per heavy atom. The van der Waals surface area contributed by atoms with E-state index in [1.807, 2.05) is 30.2 Å². The van der Waals surface area contributed by atoms with Gasteiger partial charge in [0.25, 0.3) is 0 Å². The summed E-state index contributed by atoms with van der Waals surface area (Å²) in [4.78, 5) is 13.5. The smallest absolute Gasteiger partial charge is 0.325 e. The molecular formula is C14H17NO2. The topological polar surface area (TPSA) is 29.5 Å². The van der Waals surface area contributed by atoms with Crippen LogP contribution in [0.25, 0.3) is 12.3 Å². The molecular weight excluding hydrogens is 214 g/mol. The molecule has 1 aliphatic rings. The Balaban J connectivity index is 2.22. The first-order chi connectivity index (χ1) is 8.20. The van der Waals surface area contributed by atoms with Crippen LogP contribution in [0.2, 0.25) is 0 Å². The largest absolute Gasteiger partial charge is 0.465 e. The van der Waals surface area contributed by atoms with Crippen molar-refractivity contribution in [1.82, 2.24) is 4.90 Å². The van der Waals surface area contributed by atoms with E-state index in [1.54, 1.807) is 0 Å². The van der Waals surface area contributed by atoms with Crippen LogP contribution in [0.15, 0.2) is 24.3 Å². The molecule has 0 bridgehead atoms. The fourth-order valence-electron chi connectivity index (χ4n) is 1.98. The molecule has 3 heteroatoms. The van der Waals surface area contributed by atoms with Crippen molar-refractivity contribution in [2.45, 2.75) is 19.9 Å². The molecule has 1 heterocycles. The van der Waals surface area contributed by atoms with Gasteiger partial charge in [-0.15, -0.1) is 0 Å². The zero-order valence-electron chi connectivity index (χ0n) is 10.2. The second kappa shape index (κ2) is 5.04. The van der Waals surface area contributed by atoms with Crippen LogP contribution < -0.4 is 10.4 Å². The van der Waals surface area contributed by atoms with E-state index in [9.17, 15) is 4.79 Å². The molecule has 0 saturated heterocycles. The van der Waals surface area contributed by atoms with Crippen LogP contribution in [0.3, 0.4) is 0 Å². The molecule has 1 unspecified atom stereocenters. The number of rotatable bonds is 3. The van der Waals surface area contributed by atoms with Gasteiger partial charge in [0.1, 0.15) is 6.54 Å². The van der Waals surface area contributed by atoms with Crippen LogP contribution in [-0.2, 0) is 9.53 Å². The molecule has 0 fully saturated rings. The minimum Gasteiger partial charge on any atom is -0.465 e. The summed E-state index contributed by atoms with van der Waals surface area (Å²) < 4.78 is 4.97. The summed E-state index contributed by atoms with van der Waals surface area (Å²) >= 11 is 0. The van der Waals surface area contributed by atoms with Crippen molar-refractivity contribution < 1.29 is 9.53 Å². The second-order valence-electron chi connectivity index (χ2n) is 4.14. The van der Waals surface area contributed by atoms with Gasteiger partial charge in [0.15, 0.2) is 0 Å². The van der Waals surface area contributed by atoms with E-state index in [1.165, 1.54) is 5.22 Å². The zero-order chi connectivity index (χ0) is 12.3. The predicted octanol–water partition coefficient (Wildman–Crippen LogP) is 0.472. The third-order valence-electron chi connectivity index (χ3n) is 2.86. The highest BCUT2D eigenvalue weighted by molar-refractivity contribution is 5.72. The average molecular weight is 231 g/mol. The van der Waals surface area contributed by atoms with Crippen molar-refractivity contribution in [3.8, 4) is 0 Å². The lowest BCUT2D eigenvalue weighted by Crippen LogP contribution is -2.42. The molecule has 0 amide bonds. The minimum absolute atomic E-state index is 0.177. The summed E-state index contributed by atoms with van der Waals surface area (Å²) in [7, 11) is 0. The molecule has 3 nitrogen and oxygen atoms in total. The first kappa shape index (κ1) is 11.7. The molecule has 0 N–H and O–H groups in total. The van der Waals surface area contributed by atoms with Crippen LogP contribution in [0.4, 0.5) is 0 Å². The van der Waals surface area contributed by atoms with Gasteiger partial charge >= 0.3 is 5.97 Å². The van der Waals surface area contributed by atoms with E-state index in [4.69, 9.17) is 4.74 Å². The van der Waals surface area contributed by atoms with Gasteiger partial charge in [-0.25, -0.2) is 0 Å². The number of fused-ring (bicyclic) bond motifs is 1. The van der Waals surface area contributed by atoms with E-state index in [2.05, 4.69) is 25.1 Å². The normalized spacial score (nSPS) is 17.8. The van der Waals surface area contributed by atoms with Gasteiger partial charge in [-0.05, 0) is 24.3 Å². The summed E-state index contributed by atoms with van der Waals surface area (Å²) in [6.07, 6.45) is 4.19. The quantitative estimate of drug-likeness (QED) is 0.708. The van der Waals surface area contributed by atoms with Crippen LogP contribution in [-0.4, -0.2) is 30.1 Å². The van der Waals surface area contributed by atoms with Gasteiger partial charge in [-0.2, -0.15) is 0 Å². The van der Waals surface area contributed by atoms with Crippen molar-refractivity contribution in [1.29, 1.82) is 0 Å². The lowest BCUT2D eigenvalue weighted by molar-refractivity contribution is -0.143. The maximum absolute atomic E-state index is 11.5. The van der Waals surface area contributed by atoms with E-state index in [-0.39, 0.29) is 12.0 Å². The van der Waals surface area contributed by atoms with Gasteiger partial charge in [-0.3, -0.25) is 4.79 Å². The molecule has 17 heavy (non-hydrogen) atoms. The summed E-state index contributed by atoms with van der Waals surface area (Å²) in [5.41, 5.74) is 0. The van der Waals surface area contributed by atoms with Gasteiger partial charge in [0.05, 0.1) is 6.61 Å². The molecule has 1 aromatic rings. The Morgan fingerprint density at radius 3 is 2.76 bits per heavy atom. The van der Waals surface area contributed by atoms with Crippen molar-refractivity contribution >= 4 is 18.2 Å². The Bertz CT molecular complexity index is 521. The van der Waals surface area contributed by atoms with Gasteiger partial charge < -0.3 is 9.64 Å². The number of nitrogens with zero attached hydrogens (tertiary/aromatic N) is 1. The lowest BCUT2D eigenvalue weighted by atomic mass is 10.1. The molecule has 0 aliphatic carbocycles. The second-order valence-corrected chi connectivity index (χ2v) is 4.14. The summed E-state index contributed by atoms with van der Waals surface area (Å²) in [5, 5.41) is 2.37. The summed E-state index contributed by atoms with van der Waals surface area (Å²) in [6.45, 7) is 4.63. The highest BCUT2D eigenvalue weighted by atomic mass is 16.5. The third kappa shape index (κ3) is 2.67. The van der Waals surface area contributed by atoms with Crippen molar-refractivity contribution in [2.75, 3.05) is 13.2 Å². The zero-order valence-corrected chi connectivity index (χ0v) is 10.2. The monoisotopic (exact) mass is 231 g/mol. The number of esters is 1. The van der Waals surface area contributed by atoms with Crippen LogP contribution in [0, 0.1) is 0 Å². The van der Waals surface area contributed by atoms with Crippen molar-refractivity contribution in [3.63, 3.8) is 0 Å². The third-order valence-corrected chi connectivity index (χ3v) is 2.86. The fourth-order valence-corrected chi connectivity index (χ4v) is 1.98. The molecule has 0 spiro atoms. The maximum Gasteiger partial charge on any atom is 0.325 e. The molecule has 1 aromatic carbocycles. The van der Waals surface area contributed by atoms with Gasteiger partial charge in [-0.1, -0.05) is 30.3 Å². The fraction of sp³-hybridized carbons (Fsp3) is 0.357. The summed E-state index contributed by atoms with van der Waals surface area (Å²) in [6, 6.07) is 8.38. The highest BCUT2D eigenvalue weighted by Crippen LogP contribution is 2.04. The Kier molecular flexibility index (Phi) is 3.47. The van der Waals surface area contributed by atoms with E-state index in [0.717, 1.165) is 5.22 Å². The van der Waals surface area contributed by atoms with Crippen LogP contribution in [0.5, 0.6) is 0 Å². The maximum atomic E-state index is 11.5. The Labute approximate surface area is 101 Å². The average Bonchev–Trinajstić information content (AvgIpc) is 2.30. The van der Waals surface area contributed by atoms with Crippen LogP contribution >= 0.6 is 0 Å². The number of benzene rings is 1. The predicted molar refractivity (Wildman–Crippen MR) is 67.4 cm³/mol. The first-order valence-corrected chi connectivity index (χ1v) is 5.91. The Morgan fingerprint density at radius 2 is 2.06 bits per heavy atom. The minimum atomic E-state index is -0.177. The van der Waals surface area contributed by atoms with Crippen molar-refractivity contribution in [3.05, 3.63) is 34.7 Å². The molecule has 2 rings (SSSR count). The number of hydrogen-bond acceptors (Lipinski definition) is 3. The standard InChI is InChI=1S/C14H17NO2/c1-3-17-14(16)10-15-9-13-7-5-4-6-12(13)8-11(15)2/h4-9,11H,3,10H2,1-2H3. The highest BCUT2D eigenvalue weighted by Gasteiger charge is 2.15. The first-order valence-electron chi connectivity index (χ1n) is 5.91. The summed E-state index contributed by atoms with van der Waals surface area (Å²) in [5.74, 6) is -0.177. The number of carbonyl (C=O) groups excluding carboxylic acids is 1. The van der Waals surface area contributed by atoms with E-state index < -0.39 is 0 Å². The van der Waals surface area contributed by atoms with Gasteiger partial charge in [0, 0.05) is 12.2 Å². The van der Waals surface area contributed by atoms with Gasteiger partial charge in [0.2, 0.25) is 0 Å². The van der Waals surface area contributed by atoms with Crippen LogP contribution in [0.1, 0.15) is 13.8 Å². The molecule has 0 aromatic heterocycles. The molecule has 1 atom stereocenters. The number of ether oxygens (including phenoxy) is 1. The SMILES string of the molecule is CCOC(=O)CN1C=c2ccccc2=CC1C. The number of hydrogen-bond donors (Lipinski definition) is 0. The number of carbonyl (C=O) groups is 1. The Hall–Kier alpha value is -1.77. The lowest BCUT2D eigenvalue weighted by Gasteiger charge is -2.26. The molecule has 0 saturated carbocycles. The molecule has 1 aliphatic heterocycles.